The summed E-state index contributed by atoms with van der Waals surface area (Å²) in [5.74, 6) is 0. The third-order valence-electron chi connectivity index (χ3n) is 0. The summed E-state index contributed by atoms with van der Waals surface area (Å²) in [5, 5.41) is 0. The molecule has 0 aliphatic heterocycles. The fourth-order valence-electron chi connectivity index (χ4n) is 0. The predicted octanol–water partition coefficient (Wildman–Crippen LogP) is -0.659. The average Bonchev–Trinajstić information content (AvgIpc) is 0. The molecule has 3 radical (unpaired) electrons. The average molecular weight is 360 g/mol. The normalized spacial score (nSPS) is 0. The van der Waals surface area contributed by atoms with E-state index >= 15 is 0 Å². The fraction of sp³-hybridized carbons (Fsp3) is 0. The van der Waals surface area contributed by atoms with E-state index in [0.29, 0.717) is 0 Å². The molecule has 0 unspecified atom stereocenters. The topological polar surface area (TPSA) is 0 Å². The molecule has 0 aliphatic rings. The molecule has 0 saturated carbocycles. The Morgan fingerprint density at radius 2 is 0.600 bits per heavy atom. The van der Waals surface area contributed by atoms with Crippen molar-refractivity contribution in [1.29, 1.82) is 0 Å². The van der Waals surface area contributed by atoms with E-state index in [4.69, 9.17) is 0 Å². The minimum absolute atomic E-state index is 0. The Morgan fingerprint density at radius 3 is 0.600 bits per heavy atom. The van der Waals surface area contributed by atoms with Crippen LogP contribution >= 0.6 is 0 Å². The summed E-state index contributed by atoms with van der Waals surface area (Å²) in [5.41, 5.74) is 0. The van der Waals surface area contributed by atoms with Gasteiger partial charge in [-0.05, 0) is 0 Å². The van der Waals surface area contributed by atoms with Gasteiger partial charge in [-0.15, -0.1) is 0 Å². The number of hydrogen-bond acceptors (Lipinski definition) is 0. The van der Waals surface area contributed by atoms with Gasteiger partial charge < -0.3 is 0 Å². The minimum atomic E-state index is 0. The Bertz CT molecular complexity index is 7.61. The van der Waals surface area contributed by atoms with Crippen LogP contribution in [0.4, 0.5) is 0 Å². The predicted molar refractivity (Wildman–Crippen MR) is 7.15 cm³/mol. The molecular weight excluding hydrogens is 359 g/mol. The first-order chi connectivity index (χ1) is 0. The molecule has 0 saturated heterocycles. The van der Waals surface area contributed by atoms with E-state index in [0.717, 1.165) is 0 Å². The van der Waals surface area contributed by atoms with Gasteiger partial charge in [0.1, 0.15) is 0 Å². The van der Waals surface area contributed by atoms with Gasteiger partial charge in [-0.2, -0.15) is 0 Å². The van der Waals surface area contributed by atoms with Crippen LogP contribution in [0.25, 0.3) is 0 Å². The number of hydrogen-bond donors (Lipinski definition) is 0. The van der Waals surface area contributed by atoms with Crippen LogP contribution in [0.15, 0.2) is 0 Å². The molecule has 0 heterocycles. The maximum absolute atomic E-state index is 0. The van der Waals surface area contributed by atoms with Crippen molar-refractivity contribution in [2.24, 2.45) is 0 Å². The molecule has 0 rings (SSSR count). The molecule has 0 aromatic heterocycles. The van der Waals surface area contributed by atoms with Crippen LogP contribution in [0.2, 0.25) is 0 Å². The van der Waals surface area contributed by atoms with E-state index in [2.05, 4.69) is 0 Å². The van der Waals surface area contributed by atoms with Gasteiger partial charge in [-0.1, -0.05) is 0 Å². The molecule has 0 aromatic carbocycles. The molecular formula is HCr2Cu2Te. The second-order valence-corrected chi connectivity index (χ2v) is 0. The summed E-state index contributed by atoms with van der Waals surface area (Å²) < 4.78 is 0. The van der Waals surface area contributed by atoms with Crippen LogP contribution in [0, 0.1) is 0 Å². The standard InChI is InChI=1S/2Cr.2Cu.HTe/h;;;;1H. The molecule has 0 amide bonds. The van der Waals surface area contributed by atoms with Crippen molar-refractivity contribution < 1.29 is 68.9 Å². The molecule has 5 heavy (non-hydrogen) atoms. The number of rotatable bonds is 0. The first kappa shape index (κ1) is 44.8. The Kier molecular flexibility index (Phi) is 256. The van der Waals surface area contributed by atoms with Crippen molar-refractivity contribution in [1.82, 2.24) is 0 Å². The van der Waals surface area contributed by atoms with Crippen LogP contribution < -0.4 is 0 Å². The van der Waals surface area contributed by atoms with Crippen molar-refractivity contribution in [3.8, 4) is 0 Å². The molecule has 0 N–H and O–H groups in total. The monoisotopic (exact) mass is 361 g/mol. The molecule has 0 fully saturated rings. The van der Waals surface area contributed by atoms with Crippen molar-refractivity contribution in [2.75, 3.05) is 0 Å². The van der Waals surface area contributed by atoms with Gasteiger partial charge in [0.2, 0.25) is 0 Å². The SMILES string of the molecule is [Cr].[Cr].[Cu].[Cu].[TeH]. The summed E-state index contributed by atoms with van der Waals surface area (Å²) in [7, 11) is 0. The molecule has 0 bridgehead atoms. The summed E-state index contributed by atoms with van der Waals surface area (Å²) >= 11 is 0. The summed E-state index contributed by atoms with van der Waals surface area (Å²) in [6, 6.07) is 0. The first-order valence-electron chi connectivity index (χ1n) is 0. The van der Waals surface area contributed by atoms with Gasteiger partial charge >= 0.3 is 23.7 Å². The third-order valence-corrected chi connectivity index (χ3v) is 0. The summed E-state index contributed by atoms with van der Waals surface area (Å²) in [6.45, 7) is 0. The maximum atomic E-state index is 0. The van der Waals surface area contributed by atoms with E-state index in [9.17, 15) is 0 Å². The van der Waals surface area contributed by atoms with Crippen LogP contribution in [0.5, 0.6) is 0 Å². The van der Waals surface area contributed by atoms with Crippen molar-refractivity contribution in [3.63, 3.8) is 0 Å². The zero-order valence-corrected chi connectivity index (χ0v) is 8.85. The van der Waals surface area contributed by atoms with Crippen LogP contribution in [-0.2, 0) is 68.9 Å². The van der Waals surface area contributed by atoms with Crippen molar-refractivity contribution in [3.05, 3.63) is 0 Å². The quantitative estimate of drug-likeness (QED) is 0.504. The van der Waals surface area contributed by atoms with E-state index in [-0.39, 0.29) is 92.5 Å². The van der Waals surface area contributed by atoms with Crippen molar-refractivity contribution >= 4 is 23.7 Å². The van der Waals surface area contributed by atoms with Crippen molar-refractivity contribution in [2.45, 2.75) is 0 Å². The van der Waals surface area contributed by atoms with Gasteiger partial charge in [0.25, 0.3) is 0 Å². The van der Waals surface area contributed by atoms with Gasteiger partial charge in [0, 0.05) is 68.9 Å². The van der Waals surface area contributed by atoms with Crippen LogP contribution in [-0.4, -0.2) is 23.7 Å². The van der Waals surface area contributed by atoms with Gasteiger partial charge in [-0.3, -0.25) is 0 Å². The van der Waals surface area contributed by atoms with Gasteiger partial charge in [-0.25, -0.2) is 0 Å². The molecule has 0 nitrogen and oxygen atoms in total. The molecule has 0 atom stereocenters. The summed E-state index contributed by atoms with van der Waals surface area (Å²) in [6.07, 6.45) is 0. The molecule has 5 heteroatoms. The van der Waals surface area contributed by atoms with E-state index in [1.54, 1.807) is 0 Å². The Labute approximate surface area is 91.2 Å². The third kappa shape index (κ3) is 19.7. The molecule has 0 spiro atoms. The van der Waals surface area contributed by atoms with Gasteiger partial charge in [0.05, 0.1) is 0 Å². The van der Waals surface area contributed by atoms with Gasteiger partial charge in [0.15, 0.2) is 0 Å². The fourth-order valence-corrected chi connectivity index (χ4v) is 0. The second-order valence-electron chi connectivity index (χ2n) is 0. The zero-order valence-electron chi connectivity index (χ0n) is 1.87. The Balaban J connectivity index is 0. The molecule has 41 valence electrons. The second kappa shape index (κ2) is 28.6. The van der Waals surface area contributed by atoms with Crippen LogP contribution in [0.1, 0.15) is 0 Å². The van der Waals surface area contributed by atoms with E-state index in [1.807, 2.05) is 0 Å². The summed E-state index contributed by atoms with van der Waals surface area (Å²) in [4.78, 5) is 0. The van der Waals surface area contributed by atoms with E-state index in [1.165, 1.54) is 0 Å². The Morgan fingerprint density at radius 1 is 0.600 bits per heavy atom. The van der Waals surface area contributed by atoms with E-state index < -0.39 is 0 Å². The zero-order chi connectivity index (χ0) is 0. The van der Waals surface area contributed by atoms with Crippen LogP contribution in [0.3, 0.4) is 0 Å². The first-order valence-corrected chi connectivity index (χ1v) is 0. The molecule has 0 aliphatic carbocycles. The Hall–Kier alpha value is 2.89. The molecule has 0 aromatic rings.